The van der Waals surface area contributed by atoms with E-state index in [1.165, 1.54) is 0 Å². The number of fused-ring (bicyclic) bond motifs is 1. The topological polar surface area (TPSA) is 58.6 Å². The number of amides is 1. The van der Waals surface area contributed by atoms with Gasteiger partial charge >= 0.3 is 0 Å². The molecule has 1 aliphatic carbocycles. The Labute approximate surface area is 241 Å². The van der Waals surface area contributed by atoms with Gasteiger partial charge in [0, 0.05) is 34.5 Å². The first kappa shape index (κ1) is 28.1. The van der Waals surface area contributed by atoms with Crippen molar-refractivity contribution in [3.63, 3.8) is 0 Å². The van der Waals surface area contributed by atoms with Crippen LogP contribution in [0.1, 0.15) is 70.7 Å². The number of hydrogen-bond acceptors (Lipinski definition) is 5. The highest BCUT2D eigenvalue weighted by molar-refractivity contribution is 7.21. The second-order valence-electron chi connectivity index (χ2n) is 10.7. The summed E-state index contributed by atoms with van der Waals surface area (Å²) in [4.78, 5) is 29.1. The number of carbonyl (C=O) groups is 2. The molecule has 40 heavy (non-hydrogen) atoms. The molecule has 1 N–H and O–H groups in total. The Bertz CT molecular complexity index is 1500. The van der Waals surface area contributed by atoms with E-state index in [-0.39, 0.29) is 17.7 Å². The smallest absolute Gasteiger partial charge is 0.264 e. The summed E-state index contributed by atoms with van der Waals surface area (Å²) < 4.78 is 7.21. The van der Waals surface area contributed by atoms with Gasteiger partial charge in [0.05, 0.1) is 11.5 Å². The van der Waals surface area contributed by atoms with Crippen molar-refractivity contribution < 1.29 is 14.3 Å². The zero-order valence-electron chi connectivity index (χ0n) is 23.8. The highest BCUT2D eigenvalue weighted by Gasteiger charge is 2.31. The third kappa shape index (κ3) is 5.84. The molecule has 1 fully saturated rings. The largest absolute Gasteiger partial charge is 0.494 e. The fourth-order valence-electron chi connectivity index (χ4n) is 5.81. The van der Waals surface area contributed by atoms with Gasteiger partial charge < -0.3 is 15.0 Å². The van der Waals surface area contributed by atoms with Gasteiger partial charge in [-0.25, -0.2) is 0 Å². The van der Waals surface area contributed by atoms with Crippen LogP contribution in [0.15, 0.2) is 66.7 Å². The van der Waals surface area contributed by atoms with Gasteiger partial charge in [0.1, 0.15) is 5.75 Å². The van der Waals surface area contributed by atoms with Gasteiger partial charge in [-0.1, -0.05) is 48.5 Å². The molecule has 1 saturated carbocycles. The van der Waals surface area contributed by atoms with Crippen molar-refractivity contribution in [3.05, 3.63) is 88.3 Å². The van der Waals surface area contributed by atoms with Crippen molar-refractivity contribution in [1.29, 1.82) is 0 Å². The first-order valence-electron chi connectivity index (χ1n) is 14.2. The van der Waals surface area contributed by atoms with Crippen molar-refractivity contribution in [1.82, 2.24) is 10.2 Å². The molecule has 5 nitrogen and oxygen atoms in total. The fraction of sp³-hybridized carbons (Fsp3) is 0.353. The number of aryl methyl sites for hydroxylation is 1. The molecule has 0 unspecified atom stereocenters. The molecule has 0 saturated heterocycles. The van der Waals surface area contributed by atoms with Crippen LogP contribution in [0.25, 0.3) is 21.2 Å². The van der Waals surface area contributed by atoms with Crippen LogP contribution in [-0.2, 0) is 6.54 Å². The van der Waals surface area contributed by atoms with Crippen LogP contribution in [0, 0.1) is 6.92 Å². The minimum Gasteiger partial charge on any atom is -0.494 e. The Balaban J connectivity index is 1.53. The highest BCUT2D eigenvalue weighted by atomic mass is 32.1. The van der Waals surface area contributed by atoms with Crippen LogP contribution in [0.5, 0.6) is 5.75 Å². The van der Waals surface area contributed by atoms with E-state index in [9.17, 15) is 9.59 Å². The van der Waals surface area contributed by atoms with Crippen LogP contribution in [0.3, 0.4) is 0 Å². The van der Waals surface area contributed by atoms with Crippen molar-refractivity contribution in [3.8, 4) is 16.9 Å². The molecule has 1 aromatic heterocycles. The van der Waals surface area contributed by atoms with E-state index in [1.54, 1.807) is 18.3 Å². The summed E-state index contributed by atoms with van der Waals surface area (Å²) in [5.41, 5.74) is 4.82. The van der Waals surface area contributed by atoms with E-state index in [4.69, 9.17) is 4.74 Å². The summed E-state index contributed by atoms with van der Waals surface area (Å²) in [6.45, 7) is 6.67. The number of rotatable bonds is 9. The Kier molecular flexibility index (Phi) is 8.67. The van der Waals surface area contributed by atoms with Gasteiger partial charge in [0.2, 0.25) is 0 Å². The second-order valence-corrected chi connectivity index (χ2v) is 11.7. The van der Waals surface area contributed by atoms with Crippen LogP contribution in [0.4, 0.5) is 0 Å². The van der Waals surface area contributed by atoms with Gasteiger partial charge in [-0.2, -0.15) is 0 Å². The summed E-state index contributed by atoms with van der Waals surface area (Å²) >= 11 is 1.60. The number of benzene rings is 3. The first-order chi connectivity index (χ1) is 19.4. The standard InChI is InChI=1S/C34H38N2O3S/c1-5-39-31-19-14-26(25-12-10-24(11-13-25)23(3)37)20-27(31)21-36(29-17-15-28(35-4)16-18-29)34(38)33-22(2)30-8-6-7-9-32(30)40-33/h6-14,19-20,28-29,35H,5,15-18,21H2,1-4H3. The summed E-state index contributed by atoms with van der Waals surface area (Å²) in [5, 5.41) is 4.57. The summed E-state index contributed by atoms with van der Waals surface area (Å²) in [6, 6.07) is 22.9. The molecule has 6 heteroatoms. The van der Waals surface area contributed by atoms with Gasteiger partial charge in [0.25, 0.3) is 5.91 Å². The predicted molar refractivity (Wildman–Crippen MR) is 165 cm³/mol. The number of carbonyl (C=O) groups excluding carboxylic acids is 2. The third-order valence-corrected chi connectivity index (χ3v) is 9.43. The minimum atomic E-state index is 0.0533. The van der Waals surface area contributed by atoms with Gasteiger partial charge in [-0.3, -0.25) is 9.59 Å². The molecule has 0 atom stereocenters. The number of ether oxygens (including phenoxy) is 1. The number of Topliss-reactive ketones (excluding diaryl/α,β-unsaturated/α-hetero) is 1. The zero-order valence-corrected chi connectivity index (χ0v) is 24.6. The Morgan fingerprint density at radius 2 is 1.68 bits per heavy atom. The molecule has 4 aromatic rings. The maximum absolute atomic E-state index is 14.4. The summed E-state index contributed by atoms with van der Waals surface area (Å²) in [5.74, 6) is 0.962. The number of ketones is 1. The van der Waals surface area contributed by atoms with Crippen molar-refractivity contribution >= 4 is 33.1 Å². The maximum Gasteiger partial charge on any atom is 0.264 e. The normalized spacial score (nSPS) is 17.1. The summed E-state index contributed by atoms with van der Waals surface area (Å²) in [7, 11) is 2.03. The minimum absolute atomic E-state index is 0.0533. The van der Waals surface area contributed by atoms with E-state index in [2.05, 4.69) is 41.4 Å². The molecule has 0 bridgehead atoms. The molecule has 0 spiro atoms. The van der Waals surface area contributed by atoms with Gasteiger partial charge in [-0.05, 0) is 93.8 Å². The maximum atomic E-state index is 14.4. The number of nitrogens with zero attached hydrogens (tertiary/aromatic N) is 1. The molecule has 5 rings (SSSR count). The Morgan fingerprint density at radius 3 is 2.33 bits per heavy atom. The number of nitrogens with one attached hydrogen (secondary N) is 1. The second kappa shape index (κ2) is 12.4. The molecule has 208 valence electrons. The van der Waals surface area contributed by atoms with E-state index < -0.39 is 0 Å². The predicted octanol–water partition coefficient (Wildman–Crippen LogP) is 7.65. The number of thiophene rings is 1. The van der Waals surface area contributed by atoms with Gasteiger partial charge in [-0.15, -0.1) is 11.3 Å². The van der Waals surface area contributed by atoms with Crippen molar-refractivity contribution in [2.24, 2.45) is 0 Å². The Hall–Kier alpha value is -3.48. The molecule has 1 amide bonds. The fourth-order valence-corrected chi connectivity index (χ4v) is 6.98. The lowest BCUT2D eigenvalue weighted by atomic mass is 9.89. The van der Waals surface area contributed by atoms with Crippen LogP contribution >= 0.6 is 11.3 Å². The molecular formula is C34H38N2O3S. The average molecular weight is 555 g/mol. The lowest BCUT2D eigenvalue weighted by Crippen LogP contribution is -2.44. The first-order valence-corrected chi connectivity index (χ1v) is 15.0. The van der Waals surface area contributed by atoms with E-state index in [1.807, 2.05) is 56.4 Å². The monoisotopic (exact) mass is 554 g/mol. The van der Waals surface area contributed by atoms with E-state index >= 15 is 0 Å². The van der Waals surface area contributed by atoms with E-state index in [0.29, 0.717) is 24.8 Å². The summed E-state index contributed by atoms with van der Waals surface area (Å²) in [6.07, 6.45) is 4.04. The molecule has 0 radical (unpaired) electrons. The van der Waals surface area contributed by atoms with Crippen LogP contribution in [0.2, 0.25) is 0 Å². The molecular weight excluding hydrogens is 516 g/mol. The van der Waals surface area contributed by atoms with Crippen LogP contribution < -0.4 is 10.1 Å². The van der Waals surface area contributed by atoms with E-state index in [0.717, 1.165) is 68.6 Å². The molecule has 1 aliphatic rings. The lowest BCUT2D eigenvalue weighted by Gasteiger charge is -2.37. The highest BCUT2D eigenvalue weighted by Crippen LogP contribution is 2.36. The Morgan fingerprint density at radius 1 is 0.975 bits per heavy atom. The van der Waals surface area contributed by atoms with Crippen LogP contribution in [-0.4, -0.2) is 42.3 Å². The third-order valence-electron chi connectivity index (χ3n) is 8.17. The zero-order chi connectivity index (χ0) is 28.2. The van der Waals surface area contributed by atoms with Gasteiger partial charge in [0.15, 0.2) is 5.78 Å². The average Bonchev–Trinajstić information content (AvgIpc) is 3.33. The van der Waals surface area contributed by atoms with Crippen molar-refractivity contribution in [2.75, 3.05) is 13.7 Å². The number of hydrogen-bond donors (Lipinski definition) is 1. The quantitative estimate of drug-likeness (QED) is 0.216. The lowest BCUT2D eigenvalue weighted by molar-refractivity contribution is 0.0603. The molecule has 0 aliphatic heterocycles. The SMILES string of the molecule is CCOc1ccc(-c2ccc(C(C)=O)cc2)cc1CN(C(=O)c1sc2ccccc2c1C)C1CCC(NC)CC1. The van der Waals surface area contributed by atoms with Crippen molar-refractivity contribution in [2.45, 2.75) is 65.1 Å². The molecule has 1 heterocycles. The molecule has 3 aromatic carbocycles.